The fraction of sp³-hybridized carbons (Fsp3) is 0.364. The molecule has 17 heavy (non-hydrogen) atoms. The molecule has 0 aliphatic heterocycles. The van der Waals surface area contributed by atoms with Crippen LogP contribution in [0.1, 0.15) is 12.5 Å². The van der Waals surface area contributed by atoms with Crippen molar-refractivity contribution in [2.24, 2.45) is 5.73 Å². The first-order chi connectivity index (χ1) is 7.52. The van der Waals surface area contributed by atoms with E-state index in [-0.39, 0.29) is 18.3 Å². The van der Waals surface area contributed by atoms with Gasteiger partial charge < -0.3 is 11.1 Å². The zero-order chi connectivity index (χ0) is 12.1. The molecule has 0 saturated heterocycles. The maximum absolute atomic E-state index is 11.2. The van der Waals surface area contributed by atoms with Gasteiger partial charge >= 0.3 is 0 Å². The quantitative estimate of drug-likeness (QED) is 0.897. The second-order valence-electron chi connectivity index (χ2n) is 3.54. The van der Waals surface area contributed by atoms with Gasteiger partial charge in [0.1, 0.15) is 0 Å². The molecular formula is C11H15Cl3N2O. The summed E-state index contributed by atoms with van der Waals surface area (Å²) in [4.78, 5) is 11.2. The van der Waals surface area contributed by atoms with Gasteiger partial charge in [0.25, 0.3) is 0 Å². The molecule has 1 aromatic carbocycles. The van der Waals surface area contributed by atoms with E-state index in [4.69, 9.17) is 28.9 Å². The monoisotopic (exact) mass is 296 g/mol. The minimum absolute atomic E-state index is 0. The van der Waals surface area contributed by atoms with E-state index in [0.29, 0.717) is 23.0 Å². The SMILES string of the molecule is C[C@H](N)C(=O)NCCc1cccc(Cl)c1Cl.Cl. The van der Waals surface area contributed by atoms with Gasteiger partial charge in [-0.2, -0.15) is 0 Å². The number of rotatable bonds is 4. The summed E-state index contributed by atoms with van der Waals surface area (Å²) in [6, 6.07) is 4.95. The van der Waals surface area contributed by atoms with Crippen LogP contribution < -0.4 is 11.1 Å². The third-order valence-corrected chi connectivity index (χ3v) is 3.00. The summed E-state index contributed by atoms with van der Waals surface area (Å²) >= 11 is 11.9. The molecule has 0 bridgehead atoms. The van der Waals surface area contributed by atoms with Crippen molar-refractivity contribution >= 4 is 41.5 Å². The van der Waals surface area contributed by atoms with Crippen LogP contribution in [0.5, 0.6) is 0 Å². The first kappa shape index (κ1) is 16.5. The maximum Gasteiger partial charge on any atom is 0.236 e. The molecule has 0 radical (unpaired) electrons. The molecule has 3 N–H and O–H groups in total. The van der Waals surface area contributed by atoms with Crippen LogP contribution in [0.3, 0.4) is 0 Å². The lowest BCUT2D eigenvalue weighted by Crippen LogP contribution is -2.39. The predicted octanol–water partition coefficient (Wildman–Crippen LogP) is 2.42. The number of benzene rings is 1. The highest BCUT2D eigenvalue weighted by atomic mass is 35.5. The van der Waals surface area contributed by atoms with Crippen LogP contribution in [0.4, 0.5) is 0 Å². The molecule has 0 fully saturated rings. The molecule has 6 heteroatoms. The summed E-state index contributed by atoms with van der Waals surface area (Å²) in [5, 5.41) is 3.78. The zero-order valence-corrected chi connectivity index (χ0v) is 11.7. The molecule has 0 saturated carbocycles. The second-order valence-corrected chi connectivity index (χ2v) is 4.33. The standard InChI is InChI=1S/C11H14Cl2N2O.ClH/c1-7(14)11(16)15-6-5-8-3-2-4-9(12)10(8)13;/h2-4,7H,5-6,14H2,1H3,(H,15,16);1H/t7-;/m0./s1. The first-order valence-electron chi connectivity index (χ1n) is 4.98. The van der Waals surface area contributed by atoms with Crippen LogP contribution in [0.2, 0.25) is 10.0 Å². The van der Waals surface area contributed by atoms with Crippen molar-refractivity contribution in [1.82, 2.24) is 5.32 Å². The fourth-order valence-corrected chi connectivity index (χ4v) is 1.64. The summed E-state index contributed by atoms with van der Waals surface area (Å²) in [6.07, 6.45) is 0.637. The number of nitrogens with two attached hydrogens (primary N) is 1. The van der Waals surface area contributed by atoms with Crippen LogP contribution in [0.25, 0.3) is 0 Å². The summed E-state index contributed by atoms with van der Waals surface area (Å²) in [5.41, 5.74) is 6.33. The Morgan fingerprint density at radius 3 is 2.71 bits per heavy atom. The van der Waals surface area contributed by atoms with E-state index in [1.807, 2.05) is 12.1 Å². The van der Waals surface area contributed by atoms with E-state index >= 15 is 0 Å². The molecule has 1 amide bonds. The third kappa shape index (κ3) is 5.13. The van der Waals surface area contributed by atoms with Gasteiger partial charge in [-0.3, -0.25) is 4.79 Å². The van der Waals surface area contributed by atoms with Crippen molar-refractivity contribution in [3.8, 4) is 0 Å². The normalized spacial score (nSPS) is 11.5. The minimum Gasteiger partial charge on any atom is -0.354 e. The Labute approximate surface area is 117 Å². The highest BCUT2D eigenvalue weighted by Gasteiger charge is 2.07. The largest absolute Gasteiger partial charge is 0.354 e. The number of halogens is 3. The molecule has 1 aromatic rings. The van der Waals surface area contributed by atoms with Gasteiger partial charge in [0.05, 0.1) is 16.1 Å². The summed E-state index contributed by atoms with van der Waals surface area (Å²) in [7, 11) is 0. The highest BCUT2D eigenvalue weighted by molar-refractivity contribution is 6.42. The predicted molar refractivity (Wildman–Crippen MR) is 74.1 cm³/mol. The average molecular weight is 298 g/mol. The molecule has 0 aromatic heterocycles. The van der Waals surface area contributed by atoms with Crippen LogP contribution in [0, 0.1) is 0 Å². The number of hydrogen-bond donors (Lipinski definition) is 2. The van der Waals surface area contributed by atoms with E-state index in [2.05, 4.69) is 5.32 Å². The number of carbonyl (C=O) groups excluding carboxylic acids is 1. The van der Waals surface area contributed by atoms with E-state index in [0.717, 1.165) is 5.56 Å². The smallest absolute Gasteiger partial charge is 0.236 e. The van der Waals surface area contributed by atoms with E-state index < -0.39 is 6.04 Å². The Hall–Kier alpha value is -0.480. The summed E-state index contributed by atoms with van der Waals surface area (Å²) in [5.74, 6) is -0.168. The molecule has 1 rings (SSSR count). The topological polar surface area (TPSA) is 55.1 Å². The summed E-state index contributed by atoms with van der Waals surface area (Å²) in [6.45, 7) is 2.14. The third-order valence-electron chi connectivity index (χ3n) is 2.14. The Morgan fingerprint density at radius 1 is 1.47 bits per heavy atom. The van der Waals surface area contributed by atoms with E-state index in [1.54, 1.807) is 13.0 Å². The van der Waals surface area contributed by atoms with Gasteiger partial charge in [-0.1, -0.05) is 35.3 Å². The molecule has 0 heterocycles. The Morgan fingerprint density at radius 2 is 2.12 bits per heavy atom. The van der Waals surface area contributed by atoms with Crippen molar-refractivity contribution in [2.75, 3.05) is 6.54 Å². The molecule has 0 spiro atoms. The number of nitrogens with one attached hydrogen (secondary N) is 1. The van der Waals surface area contributed by atoms with Gasteiger partial charge in [0, 0.05) is 6.54 Å². The zero-order valence-electron chi connectivity index (χ0n) is 9.37. The molecule has 0 unspecified atom stereocenters. The molecular weight excluding hydrogens is 282 g/mol. The van der Waals surface area contributed by atoms with Crippen molar-refractivity contribution < 1.29 is 4.79 Å². The van der Waals surface area contributed by atoms with Crippen molar-refractivity contribution in [3.05, 3.63) is 33.8 Å². The molecule has 1 atom stereocenters. The van der Waals surface area contributed by atoms with Crippen LogP contribution in [0.15, 0.2) is 18.2 Å². The van der Waals surface area contributed by atoms with Gasteiger partial charge in [-0.25, -0.2) is 0 Å². The average Bonchev–Trinajstić information content (AvgIpc) is 2.24. The fourth-order valence-electron chi connectivity index (χ4n) is 1.22. The van der Waals surface area contributed by atoms with Crippen molar-refractivity contribution in [2.45, 2.75) is 19.4 Å². The van der Waals surface area contributed by atoms with Gasteiger partial charge in [-0.15, -0.1) is 12.4 Å². The Kier molecular flexibility index (Phi) is 7.55. The number of hydrogen-bond acceptors (Lipinski definition) is 2. The van der Waals surface area contributed by atoms with Crippen molar-refractivity contribution in [3.63, 3.8) is 0 Å². The maximum atomic E-state index is 11.2. The van der Waals surface area contributed by atoms with E-state index in [9.17, 15) is 4.79 Å². The Bertz CT molecular complexity index is 383. The second kappa shape index (κ2) is 7.77. The van der Waals surface area contributed by atoms with Gasteiger partial charge in [0.15, 0.2) is 0 Å². The lowest BCUT2D eigenvalue weighted by Gasteiger charge is -2.09. The van der Waals surface area contributed by atoms with Crippen LogP contribution in [-0.2, 0) is 11.2 Å². The molecule has 0 aliphatic carbocycles. The molecule has 3 nitrogen and oxygen atoms in total. The molecule has 96 valence electrons. The van der Waals surface area contributed by atoms with Gasteiger partial charge in [0.2, 0.25) is 5.91 Å². The number of carbonyl (C=O) groups is 1. The lowest BCUT2D eigenvalue weighted by molar-refractivity contribution is -0.121. The van der Waals surface area contributed by atoms with Crippen LogP contribution >= 0.6 is 35.6 Å². The minimum atomic E-state index is -0.491. The summed E-state index contributed by atoms with van der Waals surface area (Å²) < 4.78 is 0. The number of amides is 1. The van der Waals surface area contributed by atoms with Crippen LogP contribution in [-0.4, -0.2) is 18.5 Å². The van der Waals surface area contributed by atoms with Crippen molar-refractivity contribution in [1.29, 1.82) is 0 Å². The van der Waals surface area contributed by atoms with Gasteiger partial charge in [-0.05, 0) is 25.0 Å². The Balaban J connectivity index is 0.00000256. The van der Waals surface area contributed by atoms with E-state index in [1.165, 1.54) is 0 Å². The molecule has 0 aliphatic rings. The first-order valence-corrected chi connectivity index (χ1v) is 5.74. The highest BCUT2D eigenvalue weighted by Crippen LogP contribution is 2.25. The lowest BCUT2D eigenvalue weighted by atomic mass is 10.1.